The number of amides is 1. The van der Waals surface area contributed by atoms with Crippen molar-refractivity contribution < 1.29 is 9.90 Å². The molecule has 2 aliphatic rings. The number of rotatable bonds is 2. The number of carbonyl (C=O) groups is 1. The van der Waals surface area contributed by atoms with Crippen LogP contribution in [-0.2, 0) is 11.8 Å². The molecule has 2 aliphatic carbocycles. The van der Waals surface area contributed by atoms with Crippen molar-refractivity contribution in [2.75, 3.05) is 0 Å². The first-order valence-electron chi connectivity index (χ1n) is 9.52. The van der Waals surface area contributed by atoms with Crippen molar-refractivity contribution in [3.8, 4) is 11.1 Å². The van der Waals surface area contributed by atoms with Gasteiger partial charge in [0.1, 0.15) is 0 Å². The first-order chi connectivity index (χ1) is 12.3. The van der Waals surface area contributed by atoms with Crippen molar-refractivity contribution in [3.05, 3.63) is 59.2 Å². The summed E-state index contributed by atoms with van der Waals surface area (Å²) in [5.74, 6) is 0. The normalized spacial score (nSPS) is 20.5. The van der Waals surface area contributed by atoms with Crippen LogP contribution in [0.1, 0.15) is 62.8 Å². The Bertz CT molecular complexity index is 842. The van der Waals surface area contributed by atoms with E-state index in [-0.39, 0.29) is 16.9 Å². The lowest BCUT2D eigenvalue weighted by atomic mass is 9.76. The topological polar surface area (TPSA) is 49.3 Å². The van der Waals surface area contributed by atoms with Crippen LogP contribution in [0.4, 0.5) is 4.79 Å². The van der Waals surface area contributed by atoms with Gasteiger partial charge in [0.2, 0.25) is 0 Å². The predicted octanol–water partition coefficient (Wildman–Crippen LogP) is 5.69. The Hall–Kier alpha value is -2.29. The third kappa shape index (κ3) is 3.00. The van der Waals surface area contributed by atoms with Crippen LogP contribution in [0.25, 0.3) is 11.1 Å². The van der Waals surface area contributed by atoms with Crippen molar-refractivity contribution >= 4 is 6.09 Å². The van der Waals surface area contributed by atoms with Crippen LogP contribution >= 0.6 is 0 Å². The molecule has 4 rings (SSSR count). The Morgan fingerprint density at radius 2 is 1.69 bits per heavy atom. The highest BCUT2D eigenvalue weighted by atomic mass is 16.4. The third-order valence-electron chi connectivity index (χ3n) is 6.20. The smallest absolute Gasteiger partial charge is 0.405 e. The fourth-order valence-electron chi connectivity index (χ4n) is 4.36. The van der Waals surface area contributed by atoms with Crippen LogP contribution in [0.15, 0.2) is 42.5 Å². The standard InChI is InChI=1S/C23H27NO2/c1-22(2,3)18-7-4-15(5-8-18)16-6-9-19-17(14-16)10-11-23(12-13-23)20(19)24-21(25)26/h4-9,14,20,24H,10-13H2,1-3H3,(H,25,26). The number of hydrogen-bond acceptors (Lipinski definition) is 1. The second kappa shape index (κ2) is 5.87. The molecule has 1 saturated carbocycles. The van der Waals surface area contributed by atoms with Gasteiger partial charge in [0.25, 0.3) is 0 Å². The highest BCUT2D eigenvalue weighted by Crippen LogP contribution is 2.60. The highest BCUT2D eigenvalue weighted by molar-refractivity contribution is 5.68. The van der Waals surface area contributed by atoms with Crippen molar-refractivity contribution in [1.82, 2.24) is 5.32 Å². The molecule has 0 bridgehead atoms. The Labute approximate surface area is 155 Å². The zero-order chi connectivity index (χ0) is 18.5. The van der Waals surface area contributed by atoms with Gasteiger partial charge in [-0.1, -0.05) is 63.2 Å². The molecule has 1 atom stereocenters. The van der Waals surface area contributed by atoms with Crippen molar-refractivity contribution in [2.24, 2.45) is 5.41 Å². The van der Waals surface area contributed by atoms with E-state index < -0.39 is 6.09 Å². The molecule has 1 amide bonds. The van der Waals surface area contributed by atoms with Gasteiger partial charge in [-0.15, -0.1) is 0 Å². The fourth-order valence-corrected chi connectivity index (χ4v) is 4.36. The number of nitrogens with one attached hydrogen (secondary N) is 1. The van der Waals surface area contributed by atoms with Gasteiger partial charge >= 0.3 is 6.09 Å². The summed E-state index contributed by atoms with van der Waals surface area (Å²) in [6.07, 6.45) is 3.47. The summed E-state index contributed by atoms with van der Waals surface area (Å²) in [6.45, 7) is 6.68. The van der Waals surface area contributed by atoms with E-state index in [1.54, 1.807) is 0 Å². The van der Waals surface area contributed by atoms with Crippen LogP contribution < -0.4 is 5.32 Å². The molecule has 0 aliphatic heterocycles. The average Bonchev–Trinajstić information content (AvgIpc) is 3.37. The molecule has 2 N–H and O–H groups in total. The molecule has 1 fully saturated rings. The van der Waals surface area contributed by atoms with Gasteiger partial charge in [-0.25, -0.2) is 4.79 Å². The second-order valence-electron chi connectivity index (χ2n) is 8.99. The van der Waals surface area contributed by atoms with E-state index in [4.69, 9.17) is 0 Å². The molecule has 1 spiro atoms. The Balaban J connectivity index is 1.66. The minimum absolute atomic E-state index is 0.0546. The van der Waals surface area contributed by atoms with E-state index in [0.717, 1.165) is 25.7 Å². The van der Waals surface area contributed by atoms with Gasteiger partial charge in [0.05, 0.1) is 6.04 Å². The number of hydrogen-bond donors (Lipinski definition) is 2. The second-order valence-corrected chi connectivity index (χ2v) is 8.99. The van der Waals surface area contributed by atoms with E-state index in [9.17, 15) is 9.90 Å². The maximum absolute atomic E-state index is 11.3. The molecule has 0 aromatic heterocycles. The molecule has 0 radical (unpaired) electrons. The van der Waals surface area contributed by atoms with Crippen LogP contribution in [0, 0.1) is 5.41 Å². The zero-order valence-electron chi connectivity index (χ0n) is 15.8. The summed E-state index contributed by atoms with van der Waals surface area (Å²) in [5.41, 5.74) is 6.55. The SMILES string of the molecule is CC(C)(C)c1ccc(-c2ccc3c(c2)CCC2(CC2)C3NC(=O)O)cc1. The van der Waals surface area contributed by atoms with Crippen LogP contribution in [0.2, 0.25) is 0 Å². The molecule has 2 aromatic carbocycles. The first kappa shape index (κ1) is 17.1. The van der Waals surface area contributed by atoms with E-state index in [2.05, 4.69) is 68.6 Å². The lowest BCUT2D eigenvalue weighted by Crippen LogP contribution is -2.36. The minimum Gasteiger partial charge on any atom is -0.465 e. The van der Waals surface area contributed by atoms with Crippen molar-refractivity contribution in [2.45, 2.75) is 57.9 Å². The van der Waals surface area contributed by atoms with Gasteiger partial charge in [-0.2, -0.15) is 0 Å². The molecular weight excluding hydrogens is 322 g/mol. The van der Waals surface area contributed by atoms with Gasteiger partial charge in [0.15, 0.2) is 0 Å². The van der Waals surface area contributed by atoms with E-state index in [1.807, 2.05) is 0 Å². The largest absolute Gasteiger partial charge is 0.465 e. The highest BCUT2D eigenvalue weighted by Gasteiger charge is 2.52. The summed E-state index contributed by atoms with van der Waals surface area (Å²) >= 11 is 0. The predicted molar refractivity (Wildman–Crippen MR) is 104 cm³/mol. The third-order valence-corrected chi connectivity index (χ3v) is 6.20. The van der Waals surface area contributed by atoms with Gasteiger partial charge in [-0.05, 0) is 64.3 Å². The van der Waals surface area contributed by atoms with Gasteiger partial charge < -0.3 is 10.4 Å². The molecule has 3 nitrogen and oxygen atoms in total. The Morgan fingerprint density at radius 3 is 2.27 bits per heavy atom. The summed E-state index contributed by atoms with van der Waals surface area (Å²) in [7, 11) is 0. The zero-order valence-corrected chi connectivity index (χ0v) is 15.8. The number of aryl methyl sites for hydroxylation is 1. The van der Waals surface area contributed by atoms with Crippen LogP contribution in [0.3, 0.4) is 0 Å². The summed E-state index contributed by atoms with van der Waals surface area (Å²) in [6, 6.07) is 15.3. The minimum atomic E-state index is -0.920. The number of fused-ring (bicyclic) bond motifs is 1. The summed E-state index contributed by atoms with van der Waals surface area (Å²) < 4.78 is 0. The maximum Gasteiger partial charge on any atom is 0.405 e. The molecule has 136 valence electrons. The molecule has 26 heavy (non-hydrogen) atoms. The van der Waals surface area contributed by atoms with Crippen LogP contribution in [-0.4, -0.2) is 11.2 Å². The van der Waals surface area contributed by atoms with Gasteiger partial charge in [-0.3, -0.25) is 0 Å². The van der Waals surface area contributed by atoms with E-state index in [0.29, 0.717) is 0 Å². The Kier molecular flexibility index (Phi) is 3.87. The molecule has 0 saturated heterocycles. The lowest BCUT2D eigenvalue weighted by Gasteiger charge is -2.34. The van der Waals surface area contributed by atoms with Crippen molar-refractivity contribution in [3.63, 3.8) is 0 Å². The van der Waals surface area contributed by atoms with Crippen molar-refractivity contribution in [1.29, 1.82) is 0 Å². The fraction of sp³-hybridized carbons (Fsp3) is 0.435. The molecule has 1 unspecified atom stereocenters. The number of carboxylic acid groups (broad SMARTS) is 1. The van der Waals surface area contributed by atoms with Crippen LogP contribution in [0.5, 0.6) is 0 Å². The average molecular weight is 349 g/mol. The quantitative estimate of drug-likeness (QED) is 0.732. The summed E-state index contributed by atoms with van der Waals surface area (Å²) in [4.78, 5) is 11.3. The molecule has 3 heteroatoms. The Morgan fingerprint density at radius 1 is 1.04 bits per heavy atom. The molecule has 0 heterocycles. The monoisotopic (exact) mass is 349 g/mol. The van der Waals surface area contributed by atoms with E-state index >= 15 is 0 Å². The first-order valence-corrected chi connectivity index (χ1v) is 9.52. The molecule has 2 aromatic rings. The molecular formula is C23H27NO2. The van der Waals surface area contributed by atoms with E-state index in [1.165, 1.54) is 27.8 Å². The number of benzene rings is 2. The van der Waals surface area contributed by atoms with Gasteiger partial charge in [0, 0.05) is 0 Å². The summed E-state index contributed by atoms with van der Waals surface area (Å²) in [5, 5.41) is 12.1. The maximum atomic E-state index is 11.3. The lowest BCUT2D eigenvalue weighted by molar-refractivity contribution is 0.178.